The summed E-state index contributed by atoms with van der Waals surface area (Å²) in [7, 11) is 0. The molecule has 0 aliphatic rings. The molecule has 0 aliphatic heterocycles. The van der Waals surface area contributed by atoms with Crippen LogP contribution >= 0.6 is 0 Å². The van der Waals surface area contributed by atoms with Crippen LogP contribution in [0.25, 0.3) is 0 Å². The zero-order chi connectivity index (χ0) is 13.7. The van der Waals surface area contributed by atoms with E-state index in [1.807, 2.05) is 4.68 Å². The summed E-state index contributed by atoms with van der Waals surface area (Å²) in [5.74, 6) is 2.84. The van der Waals surface area contributed by atoms with Crippen LogP contribution in [-0.2, 0) is 25.9 Å². The zero-order valence-corrected chi connectivity index (χ0v) is 11.9. The van der Waals surface area contributed by atoms with Gasteiger partial charge >= 0.3 is 0 Å². The monoisotopic (exact) mass is 262 g/mol. The van der Waals surface area contributed by atoms with Gasteiger partial charge in [0.2, 0.25) is 0 Å². The first-order valence-electron chi connectivity index (χ1n) is 6.96. The highest BCUT2D eigenvalue weighted by molar-refractivity contribution is 5.13. The average Bonchev–Trinajstić information content (AvgIpc) is 3.03. The fourth-order valence-electron chi connectivity index (χ4n) is 1.98. The van der Waals surface area contributed by atoms with Gasteiger partial charge in [0.1, 0.15) is 18.1 Å². The Bertz CT molecular complexity index is 515. The van der Waals surface area contributed by atoms with E-state index in [1.54, 1.807) is 6.26 Å². The highest BCUT2D eigenvalue weighted by Crippen LogP contribution is 2.11. The molecule has 0 atom stereocenters. The molecule has 0 aliphatic carbocycles. The standard InChI is InChI=1S/C14H22N4O/c1-4-13-16-14(5-2)18(17-13)9-12-7-11(10-19-12)8-15-6-3/h7,10,15H,4-6,8-9H2,1-3H3. The average molecular weight is 262 g/mol. The van der Waals surface area contributed by atoms with Crippen molar-refractivity contribution >= 4 is 0 Å². The first-order valence-corrected chi connectivity index (χ1v) is 6.96. The number of nitrogens with one attached hydrogen (secondary N) is 1. The highest BCUT2D eigenvalue weighted by atomic mass is 16.3. The van der Waals surface area contributed by atoms with Crippen LogP contribution in [-0.4, -0.2) is 21.3 Å². The number of rotatable bonds is 7. The van der Waals surface area contributed by atoms with E-state index in [0.29, 0.717) is 6.54 Å². The van der Waals surface area contributed by atoms with Crippen molar-refractivity contribution in [1.82, 2.24) is 20.1 Å². The normalized spacial score (nSPS) is 11.1. The number of hydrogen-bond donors (Lipinski definition) is 1. The molecule has 2 aromatic rings. The number of hydrogen-bond acceptors (Lipinski definition) is 4. The van der Waals surface area contributed by atoms with Crippen molar-refractivity contribution in [1.29, 1.82) is 0 Å². The molecule has 104 valence electrons. The second-order valence-electron chi connectivity index (χ2n) is 4.51. The summed E-state index contributed by atoms with van der Waals surface area (Å²) >= 11 is 0. The van der Waals surface area contributed by atoms with Crippen molar-refractivity contribution < 1.29 is 4.42 Å². The van der Waals surface area contributed by atoms with Gasteiger partial charge in [-0.05, 0) is 12.6 Å². The van der Waals surface area contributed by atoms with Gasteiger partial charge in [0.05, 0.1) is 6.26 Å². The molecule has 19 heavy (non-hydrogen) atoms. The van der Waals surface area contributed by atoms with Crippen LogP contribution in [0.1, 0.15) is 43.7 Å². The summed E-state index contributed by atoms with van der Waals surface area (Å²) in [5.41, 5.74) is 1.17. The molecular weight excluding hydrogens is 240 g/mol. The Balaban J connectivity index is 2.07. The van der Waals surface area contributed by atoms with Gasteiger partial charge in [-0.2, -0.15) is 5.10 Å². The number of nitrogens with zero attached hydrogens (tertiary/aromatic N) is 3. The summed E-state index contributed by atoms with van der Waals surface area (Å²) in [6.07, 6.45) is 3.56. The molecule has 0 saturated heterocycles. The van der Waals surface area contributed by atoms with Gasteiger partial charge in [-0.1, -0.05) is 20.8 Å². The third-order valence-electron chi connectivity index (χ3n) is 3.02. The van der Waals surface area contributed by atoms with E-state index in [2.05, 4.69) is 42.2 Å². The van der Waals surface area contributed by atoms with Crippen LogP contribution in [0.4, 0.5) is 0 Å². The number of aryl methyl sites for hydroxylation is 2. The predicted octanol–water partition coefficient (Wildman–Crippen LogP) is 2.15. The van der Waals surface area contributed by atoms with E-state index < -0.39 is 0 Å². The van der Waals surface area contributed by atoms with Crippen LogP contribution in [0.2, 0.25) is 0 Å². The van der Waals surface area contributed by atoms with E-state index in [9.17, 15) is 0 Å². The van der Waals surface area contributed by atoms with Gasteiger partial charge < -0.3 is 9.73 Å². The van der Waals surface area contributed by atoms with Crippen molar-refractivity contribution in [3.05, 3.63) is 35.3 Å². The van der Waals surface area contributed by atoms with Gasteiger partial charge in [0.25, 0.3) is 0 Å². The molecule has 2 aromatic heterocycles. The lowest BCUT2D eigenvalue weighted by Gasteiger charge is -2.01. The lowest BCUT2D eigenvalue weighted by atomic mass is 10.3. The molecule has 0 bridgehead atoms. The summed E-state index contributed by atoms with van der Waals surface area (Å²) < 4.78 is 7.52. The van der Waals surface area contributed by atoms with Gasteiger partial charge in [-0.3, -0.25) is 0 Å². The van der Waals surface area contributed by atoms with E-state index in [1.165, 1.54) is 5.56 Å². The van der Waals surface area contributed by atoms with E-state index in [0.717, 1.165) is 43.3 Å². The molecule has 5 heteroatoms. The Kier molecular flexibility index (Phi) is 4.74. The number of furan rings is 1. The molecule has 0 amide bonds. The van der Waals surface area contributed by atoms with Crippen molar-refractivity contribution in [2.24, 2.45) is 0 Å². The van der Waals surface area contributed by atoms with Gasteiger partial charge in [-0.15, -0.1) is 0 Å². The third kappa shape index (κ3) is 3.44. The Morgan fingerprint density at radius 1 is 1.26 bits per heavy atom. The molecule has 0 saturated carbocycles. The maximum absolute atomic E-state index is 5.58. The third-order valence-corrected chi connectivity index (χ3v) is 3.02. The van der Waals surface area contributed by atoms with Gasteiger partial charge in [0, 0.05) is 24.9 Å². The minimum atomic E-state index is 0.655. The van der Waals surface area contributed by atoms with Crippen molar-refractivity contribution in [3.8, 4) is 0 Å². The number of aromatic nitrogens is 3. The Labute approximate surface area is 114 Å². The molecule has 0 radical (unpaired) electrons. The first-order chi connectivity index (χ1) is 9.26. The lowest BCUT2D eigenvalue weighted by molar-refractivity contribution is 0.471. The van der Waals surface area contributed by atoms with Crippen LogP contribution in [0.3, 0.4) is 0 Å². The molecule has 0 fully saturated rings. The van der Waals surface area contributed by atoms with Crippen LogP contribution in [0, 0.1) is 0 Å². The zero-order valence-electron chi connectivity index (χ0n) is 11.9. The molecular formula is C14H22N4O. The van der Waals surface area contributed by atoms with Crippen LogP contribution in [0.5, 0.6) is 0 Å². The Hall–Kier alpha value is -1.62. The summed E-state index contributed by atoms with van der Waals surface area (Å²) in [6, 6.07) is 2.08. The lowest BCUT2D eigenvalue weighted by Crippen LogP contribution is -2.11. The summed E-state index contributed by atoms with van der Waals surface area (Å²) in [4.78, 5) is 4.50. The Morgan fingerprint density at radius 3 is 2.79 bits per heavy atom. The quantitative estimate of drug-likeness (QED) is 0.830. The molecule has 2 rings (SSSR count). The van der Waals surface area contributed by atoms with Crippen LogP contribution < -0.4 is 5.32 Å². The van der Waals surface area contributed by atoms with Gasteiger partial charge in [0.15, 0.2) is 5.82 Å². The minimum Gasteiger partial charge on any atom is -0.467 e. The second kappa shape index (κ2) is 6.52. The smallest absolute Gasteiger partial charge is 0.150 e. The molecule has 1 N–H and O–H groups in total. The van der Waals surface area contributed by atoms with Crippen molar-refractivity contribution in [3.63, 3.8) is 0 Å². The van der Waals surface area contributed by atoms with E-state index >= 15 is 0 Å². The minimum absolute atomic E-state index is 0.655. The second-order valence-corrected chi connectivity index (χ2v) is 4.51. The maximum atomic E-state index is 5.58. The molecule has 5 nitrogen and oxygen atoms in total. The first kappa shape index (κ1) is 13.8. The molecule has 0 spiro atoms. The Morgan fingerprint density at radius 2 is 2.11 bits per heavy atom. The topological polar surface area (TPSA) is 55.9 Å². The largest absolute Gasteiger partial charge is 0.467 e. The van der Waals surface area contributed by atoms with E-state index in [-0.39, 0.29) is 0 Å². The highest BCUT2D eigenvalue weighted by Gasteiger charge is 2.09. The van der Waals surface area contributed by atoms with Gasteiger partial charge in [-0.25, -0.2) is 9.67 Å². The predicted molar refractivity (Wildman–Crippen MR) is 74.0 cm³/mol. The SMILES string of the molecule is CCNCc1coc(Cn2nc(CC)nc2CC)c1. The summed E-state index contributed by atoms with van der Waals surface area (Å²) in [5, 5.41) is 7.78. The van der Waals surface area contributed by atoms with Crippen molar-refractivity contribution in [2.75, 3.05) is 6.54 Å². The summed E-state index contributed by atoms with van der Waals surface area (Å²) in [6.45, 7) is 8.72. The van der Waals surface area contributed by atoms with Crippen LogP contribution in [0.15, 0.2) is 16.7 Å². The van der Waals surface area contributed by atoms with E-state index in [4.69, 9.17) is 4.42 Å². The fraction of sp³-hybridized carbons (Fsp3) is 0.571. The molecule has 0 aromatic carbocycles. The molecule has 2 heterocycles. The molecule has 0 unspecified atom stereocenters. The fourth-order valence-corrected chi connectivity index (χ4v) is 1.98. The maximum Gasteiger partial charge on any atom is 0.150 e. The van der Waals surface area contributed by atoms with Crippen molar-refractivity contribution in [2.45, 2.75) is 46.7 Å².